The lowest BCUT2D eigenvalue weighted by atomic mass is 10.1. The maximum Gasteiger partial charge on any atom is 0.230 e. The van der Waals surface area contributed by atoms with Crippen molar-refractivity contribution in [2.24, 2.45) is 0 Å². The number of aromatic nitrogens is 3. The zero-order valence-corrected chi connectivity index (χ0v) is 17.8. The molecule has 4 rings (SSSR count). The van der Waals surface area contributed by atoms with Crippen LogP contribution >= 0.6 is 22.9 Å². The van der Waals surface area contributed by atoms with Crippen LogP contribution in [0.2, 0.25) is 5.02 Å². The van der Waals surface area contributed by atoms with E-state index in [9.17, 15) is 13.2 Å². The van der Waals surface area contributed by atoms with Crippen LogP contribution in [0.15, 0.2) is 18.2 Å². The number of nitrogens with zero attached hydrogens (tertiary/aromatic N) is 3. The monoisotopic (exact) mass is 438 g/mol. The van der Waals surface area contributed by atoms with Crippen LogP contribution in [0.1, 0.15) is 29.4 Å². The van der Waals surface area contributed by atoms with Crippen molar-refractivity contribution in [3.63, 3.8) is 0 Å². The van der Waals surface area contributed by atoms with Crippen molar-refractivity contribution in [1.29, 1.82) is 0 Å². The van der Waals surface area contributed by atoms with Crippen LogP contribution in [-0.2, 0) is 21.1 Å². The lowest BCUT2D eigenvalue weighted by Gasteiger charge is -2.11. The predicted octanol–water partition coefficient (Wildman–Crippen LogP) is 3.30. The van der Waals surface area contributed by atoms with Crippen molar-refractivity contribution in [1.82, 2.24) is 14.8 Å². The van der Waals surface area contributed by atoms with E-state index in [0.717, 1.165) is 27.2 Å². The predicted molar refractivity (Wildman–Crippen MR) is 111 cm³/mol. The first-order valence-corrected chi connectivity index (χ1v) is 11.8. The fraction of sp³-hybridized carbons (Fsp3) is 0.389. The van der Waals surface area contributed by atoms with Gasteiger partial charge in [-0.15, -0.1) is 0 Å². The smallest absolute Gasteiger partial charge is 0.230 e. The SMILES string of the molecule is Cc1nn([C@H]2CCS(=O)(=O)C2)c(C)c1CC(=O)Nc1nc2ccc(Cl)cc2s1. The lowest BCUT2D eigenvalue weighted by Crippen LogP contribution is -2.16. The zero-order valence-electron chi connectivity index (χ0n) is 15.4. The van der Waals surface area contributed by atoms with E-state index >= 15 is 0 Å². The van der Waals surface area contributed by atoms with Crippen molar-refractivity contribution in [3.8, 4) is 0 Å². The Hall–Kier alpha value is -1.97. The molecular formula is C18H19ClN4O3S2. The fourth-order valence-electron chi connectivity index (χ4n) is 3.55. The summed E-state index contributed by atoms with van der Waals surface area (Å²) in [5.74, 6) is 0.109. The van der Waals surface area contributed by atoms with Crippen molar-refractivity contribution >= 4 is 54.0 Å². The second kappa shape index (κ2) is 7.13. The molecule has 0 spiro atoms. The third-order valence-electron chi connectivity index (χ3n) is 4.96. The Bertz CT molecular complexity index is 1180. The van der Waals surface area contributed by atoms with Gasteiger partial charge in [0.15, 0.2) is 15.0 Å². The largest absolute Gasteiger partial charge is 0.302 e. The number of fused-ring (bicyclic) bond motifs is 1. The second-order valence-electron chi connectivity index (χ2n) is 7.01. The third kappa shape index (κ3) is 3.78. The summed E-state index contributed by atoms with van der Waals surface area (Å²) < 4.78 is 26.2. The maximum atomic E-state index is 12.6. The summed E-state index contributed by atoms with van der Waals surface area (Å²) in [5.41, 5.74) is 3.19. The molecule has 0 radical (unpaired) electrons. The number of halogens is 1. The van der Waals surface area contributed by atoms with Gasteiger partial charge in [-0.05, 0) is 38.5 Å². The summed E-state index contributed by atoms with van der Waals surface area (Å²) in [6, 6.07) is 5.24. The van der Waals surface area contributed by atoms with Gasteiger partial charge in [-0.3, -0.25) is 9.48 Å². The minimum Gasteiger partial charge on any atom is -0.302 e. The minimum atomic E-state index is -3.00. The third-order valence-corrected chi connectivity index (χ3v) is 7.88. The van der Waals surface area contributed by atoms with Crippen LogP contribution in [0.25, 0.3) is 10.2 Å². The molecule has 1 saturated heterocycles. The number of aryl methyl sites for hydroxylation is 1. The highest BCUT2D eigenvalue weighted by molar-refractivity contribution is 7.91. The second-order valence-corrected chi connectivity index (χ2v) is 10.7. The molecule has 0 unspecified atom stereocenters. The summed E-state index contributed by atoms with van der Waals surface area (Å²) in [5, 5.41) is 8.49. The van der Waals surface area contributed by atoms with E-state index in [4.69, 9.17) is 11.6 Å². The number of carbonyl (C=O) groups excluding carboxylic acids is 1. The summed E-state index contributed by atoms with van der Waals surface area (Å²) >= 11 is 7.36. The summed E-state index contributed by atoms with van der Waals surface area (Å²) in [7, 11) is -3.00. The molecule has 1 aliphatic rings. The first-order chi connectivity index (χ1) is 13.2. The van der Waals surface area contributed by atoms with Crippen LogP contribution in [0.5, 0.6) is 0 Å². The van der Waals surface area contributed by atoms with Gasteiger partial charge in [0, 0.05) is 16.3 Å². The normalized spacial score (nSPS) is 18.6. The highest BCUT2D eigenvalue weighted by Crippen LogP contribution is 2.29. The summed E-state index contributed by atoms with van der Waals surface area (Å²) in [6.45, 7) is 3.72. The van der Waals surface area contributed by atoms with Gasteiger partial charge in [-0.25, -0.2) is 13.4 Å². The van der Waals surface area contributed by atoms with Crippen LogP contribution in [0, 0.1) is 13.8 Å². The Labute approximate surface area is 171 Å². The Morgan fingerprint density at radius 1 is 1.39 bits per heavy atom. The molecule has 1 amide bonds. The van der Waals surface area contributed by atoms with Crippen LogP contribution in [0.4, 0.5) is 5.13 Å². The van der Waals surface area contributed by atoms with Gasteiger partial charge in [0.05, 0.1) is 39.9 Å². The van der Waals surface area contributed by atoms with E-state index in [1.54, 1.807) is 10.7 Å². The number of rotatable bonds is 4. The first-order valence-electron chi connectivity index (χ1n) is 8.83. The molecule has 0 aliphatic carbocycles. The topological polar surface area (TPSA) is 94.0 Å². The Kier molecular flexibility index (Phi) is 4.93. The van der Waals surface area contributed by atoms with E-state index in [1.807, 2.05) is 26.0 Å². The Morgan fingerprint density at radius 3 is 2.89 bits per heavy atom. The Morgan fingerprint density at radius 2 is 2.18 bits per heavy atom. The van der Waals surface area contributed by atoms with E-state index in [0.29, 0.717) is 16.6 Å². The van der Waals surface area contributed by atoms with E-state index < -0.39 is 9.84 Å². The number of hydrogen-bond donors (Lipinski definition) is 1. The lowest BCUT2D eigenvalue weighted by molar-refractivity contribution is -0.115. The Balaban J connectivity index is 1.51. The fourth-order valence-corrected chi connectivity index (χ4v) is 6.40. The number of amides is 1. The van der Waals surface area contributed by atoms with Gasteiger partial charge in [0.1, 0.15) is 0 Å². The highest BCUT2D eigenvalue weighted by Gasteiger charge is 2.31. The van der Waals surface area contributed by atoms with Crippen molar-refractivity contribution in [3.05, 3.63) is 40.2 Å². The molecule has 1 N–H and O–H groups in total. The molecule has 2 aromatic heterocycles. The summed E-state index contributed by atoms with van der Waals surface area (Å²) in [4.78, 5) is 17.0. The number of carbonyl (C=O) groups is 1. The minimum absolute atomic E-state index is 0.106. The van der Waals surface area contributed by atoms with Gasteiger partial charge >= 0.3 is 0 Å². The number of hydrogen-bond acceptors (Lipinski definition) is 6. The molecule has 7 nitrogen and oxygen atoms in total. The molecule has 3 heterocycles. The number of thiazole rings is 1. The van der Waals surface area contributed by atoms with Crippen LogP contribution in [0.3, 0.4) is 0 Å². The molecule has 1 aliphatic heterocycles. The van der Waals surface area contributed by atoms with Crippen molar-refractivity contribution < 1.29 is 13.2 Å². The number of nitrogens with one attached hydrogen (secondary N) is 1. The molecule has 0 saturated carbocycles. The molecule has 1 fully saturated rings. The zero-order chi connectivity index (χ0) is 20.1. The van der Waals surface area contributed by atoms with E-state index in [2.05, 4.69) is 15.4 Å². The van der Waals surface area contributed by atoms with E-state index in [-0.39, 0.29) is 29.9 Å². The number of benzene rings is 1. The molecular weight excluding hydrogens is 420 g/mol. The van der Waals surface area contributed by atoms with Gasteiger partial charge in [-0.2, -0.15) is 5.10 Å². The molecule has 0 bridgehead atoms. The molecule has 10 heteroatoms. The van der Waals surface area contributed by atoms with Gasteiger partial charge in [-0.1, -0.05) is 22.9 Å². The average molecular weight is 439 g/mol. The van der Waals surface area contributed by atoms with Gasteiger partial charge < -0.3 is 5.32 Å². The van der Waals surface area contributed by atoms with Crippen LogP contribution < -0.4 is 5.32 Å². The quantitative estimate of drug-likeness (QED) is 0.674. The molecule has 3 aromatic rings. The van der Waals surface area contributed by atoms with Crippen LogP contribution in [-0.4, -0.2) is 40.6 Å². The maximum absolute atomic E-state index is 12.6. The first kappa shape index (κ1) is 19.4. The van der Waals surface area contributed by atoms with Crippen molar-refractivity contribution in [2.45, 2.75) is 32.7 Å². The molecule has 1 atom stereocenters. The molecule has 28 heavy (non-hydrogen) atoms. The average Bonchev–Trinajstić information content (AvgIpc) is 3.25. The van der Waals surface area contributed by atoms with Gasteiger partial charge in [0.2, 0.25) is 5.91 Å². The molecule has 1 aromatic carbocycles. The number of anilines is 1. The standard InChI is InChI=1S/C18H19ClN4O3S2/c1-10-14(11(2)23(22-10)13-5-6-28(25,26)9-13)8-17(24)21-18-20-15-4-3-12(19)7-16(15)27-18/h3-4,7,13H,5-6,8-9H2,1-2H3,(H,20,21,24)/t13-/m0/s1. The number of sulfone groups is 1. The molecule has 148 valence electrons. The van der Waals surface area contributed by atoms with Gasteiger partial charge in [0.25, 0.3) is 0 Å². The highest BCUT2D eigenvalue weighted by atomic mass is 35.5. The van der Waals surface area contributed by atoms with E-state index in [1.165, 1.54) is 11.3 Å². The summed E-state index contributed by atoms with van der Waals surface area (Å²) in [6.07, 6.45) is 0.720. The van der Waals surface area contributed by atoms with Crippen molar-refractivity contribution in [2.75, 3.05) is 16.8 Å².